The Kier molecular flexibility index (Phi) is 6.40. The molecule has 1 amide bonds. The van der Waals surface area contributed by atoms with E-state index in [4.69, 9.17) is 0 Å². The second-order valence-corrected chi connectivity index (χ2v) is 7.64. The number of ketones is 1. The van der Waals surface area contributed by atoms with E-state index in [2.05, 4.69) is 35.6 Å². The second kappa shape index (κ2) is 8.96. The lowest BCUT2D eigenvalue weighted by molar-refractivity contribution is -0.919. The Morgan fingerprint density at radius 1 is 1.07 bits per heavy atom. The van der Waals surface area contributed by atoms with E-state index in [1.165, 1.54) is 17.4 Å². The van der Waals surface area contributed by atoms with Crippen molar-refractivity contribution in [1.29, 1.82) is 0 Å². The molecule has 1 aliphatic rings. The molecule has 2 aromatic rings. The van der Waals surface area contributed by atoms with Crippen LogP contribution < -0.4 is 10.2 Å². The van der Waals surface area contributed by atoms with Crippen LogP contribution in [0, 0.1) is 5.92 Å². The number of anilines is 1. The molecule has 0 radical (unpaired) electrons. The first-order valence-electron chi connectivity index (χ1n) is 9.83. The summed E-state index contributed by atoms with van der Waals surface area (Å²) in [6.45, 7) is 5.59. The minimum atomic E-state index is -0.0938. The average molecular weight is 365 g/mol. The van der Waals surface area contributed by atoms with Gasteiger partial charge in [-0.05, 0) is 56.7 Å². The van der Waals surface area contributed by atoms with E-state index in [1.807, 2.05) is 13.0 Å². The van der Waals surface area contributed by atoms with Gasteiger partial charge in [0.25, 0.3) is 5.91 Å². The quantitative estimate of drug-likeness (QED) is 0.774. The Labute approximate surface area is 161 Å². The third-order valence-corrected chi connectivity index (χ3v) is 5.66. The number of Topliss-reactive ketones (excluding diaryl/α,β-unsaturated/α-hetero) is 1. The van der Waals surface area contributed by atoms with Crippen molar-refractivity contribution < 1.29 is 14.5 Å². The van der Waals surface area contributed by atoms with Crippen molar-refractivity contribution in [3.63, 3.8) is 0 Å². The summed E-state index contributed by atoms with van der Waals surface area (Å²) in [5.41, 5.74) is 2.72. The fourth-order valence-electron chi connectivity index (χ4n) is 3.88. The van der Waals surface area contributed by atoms with Gasteiger partial charge in [-0.3, -0.25) is 9.59 Å². The molecule has 4 heteroatoms. The first-order valence-corrected chi connectivity index (χ1v) is 9.83. The molecule has 1 heterocycles. The van der Waals surface area contributed by atoms with Crippen molar-refractivity contribution in [2.75, 3.05) is 18.4 Å². The number of carbonyl (C=O) groups excluding carboxylic acids is 2. The van der Waals surface area contributed by atoms with E-state index in [9.17, 15) is 9.59 Å². The molecule has 3 rings (SSSR count). The molecular formula is C23H29N2O2+. The Morgan fingerprint density at radius 2 is 1.78 bits per heavy atom. The molecule has 0 spiro atoms. The maximum atomic E-state index is 12.6. The van der Waals surface area contributed by atoms with E-state index in [-0.39, 0.29) is 17.7 Å². The van der Waals surface area contributed by atoms with Gasteiger partial charge in [-0.2, -0.15) is 0 Å². The number of nitrogens with one attached hydrogen (secondary N) is 2. The molecule has 1 aliphatic heterocycles. The van der Waals surface area contributed by atoms with Crippen molar-refractivity contribution in [3.05, 3.63) is 65.7 Å². The molecule has 1 atom stereocenters. The van der Waals surface area contributed by atoms with Gasteiger partial charge in [-0.25, -0.2) is 0 Å². The smallest absolute Gasteiger partial charge is 0.282 e. The summed E-state index contributed by atoms with van der Waals surface area (Å²) >= 11 is 0. The highest BCUT2D eigenvalue weighted by molar-refractivity contribution is 5.97. The lowest BCUT2D eigenvalue weighted by Gasteiger charge is -2.32. The van der Waals surface area contributed by atoms with Gasteiger partial charge in [0.1, 0.15) is 0 Å². The van der Waals surface area contributed by atoms with Gasteiger partial charge in [0.15, 0.2) is 11.8 Å². The number of benzene rings is 2. The molecule has 2 N–H and O–H groups in total. The SMILES string of the molecule is CC(=O)c1cccc(NC(=O)[C@@H](C)[NH+]2CCC(Cc3ccccc3)CC2)c1. The van der Waals surface area contributed by atoms with Crippen LogP contribution in [0.25, 0.3) is 0 Å². The summed E-state index contributed by atoms with van der Waals surface area (Å²) in [6.07, 6.45) is 3.44. The van der Waals surface area contributed by atoms with Gasteiger partial charge in [-0.1, -0.05) is 42.5 Å². The fraction of sp³-hybridized carbons (Fsp3) is 0.391. The molecule has 0 aliphatic carbocycles. The first kappa shape index (κ1) is 19.3. The van der Waals surface area contributed by atoms with Crippen LogP contribution in [0.4, 0.5) is 5.69 Å². The van der Waals surface area contributed by atoms with Gasteiger partial charge in [0.2, 0.25) is 0 Å². The second-order valence-electron chi connectivity index (χ2n) is 7.64. The van der Waals surface area contributed by atoms with E-state index < -0.39 is 0 Å². The lowest BCUT2D eigenvalue weighted by atomic mass is 9.89. The Morgan fingerprint density at radius 3 is 2.44 bits per heavy atom. The molecule has 0 unspecified atom stereocenters. The molecular weight excluding hydrogens is 336 g/mol. The van der Waals surface area contributed by atoms with Crippen molar-refractivity contribution in [1.82, 2.24) is 0 Å². The van der Waals surface area contributed by atoms with Crippen LogP contribution in [0.2, 0.25) is 0 Å². The van der Waals surface area contributed by atoms with Crippen molar-refractivity contribution >= 4 is 17.4 Å². The number of piperidine rings is 1. The fourth-order valence-corrected chi connectivity index (χ4v) is 3.88. The number of rotatable bonds is 6. The van der Waals surface area contributed by atoms with Crippen molar-refractivity contribution in [2.24, 2.45) is 5.92 Å². The van der Waals surface area contributed by atoms with Crippen LogP contribution in [0.1, 0.15) is 42.6 Å². The number of amides is 1. The van der Waals surface area contributed by atoms with Gasteiger partial charge in [0, 0.05) is 11.3 Å². The predicted octanol–water partition coefficient (Wildman–Crippen LogP) is 2.75. The maximum absolute atomic E-state index is 12.6. The van der Waals surface area contributed by atoms with Crippen LogP contribution in [0.3, 0.4) is 0 Å². The van der Waals surface area contributed by atoms with Crippen LogP contribution in [0.15, 0.2) is 54.6 Å². The average Bonchev–Trinajstić information content (AvgIpc) is 2.69. The molecule has 0 aromatic heterocycles. The first-order chi connectivity index (χ1) is 13.0. The van der Waals surface area contributed by atoms with Gasteiger partial charge < -0.3 is 10.2 Å². The zero-order valence-corrected chi connectivity index (χ0v) is 16.2. The number of hydrogen-bond acceptors (Lipinski definition) is 2. The highest BCUT2D eigenvalue weighted by Gasteiger charge is 2.30. The highest BCUT2D eigenvalue weighted by Crippen LogP contribution is 2.17. The normalized spacial score (nSPS) is 20.7. The van der Waals surface area contributed by atoms with Crippen LogP contribution in [0.5, 0.6) is 0 Å². The standard InChI is InChI=1S/C23H28N2O2/c1-17(23(27)24-22-10-6-9-21(16-22)18(2)26)25-13-11-20(12-14-25)15-19-7-4-3-5-8-19/h3-10,16-17,20H,11-15H2,1-2H3,(H,24,27)/p+1/t17-/m1/s1. The number of quaternary nitrogens is 1. The summed E-state index contributed by atoms with van der Waals surface area (Å²) < 4.78 is 0. The molecule has 0 bridgehead atoms. The Balaban J connectivity index is 1.51. The third kappa shape index (κ3) is 5.27. The van der Waals surface area contributed by atoms with E-state index >= 15 is 0 Å². The summed E-state index contributed by atoms with van der Waals surface area (Å²) in [7, 11) is 0. The van der Waals surface area contributed by atoms with Gasteiger partial charge >= 0.3 is 0 Å². The number of carbonyl (C=O) groups is 2. The molecule has 27 heavy (non-hydrogen) atoms. The molecule has 142 valence electrons. The van der Waals surface area contributed by atoms with E-state index in [0.717, 1.165) is 32.4 Å². The molecule has 0 saturated carbocycles. The highest BCUT2D eigenvalue weighted by atomic mass is 16.2. The maximum Gasteiger partial charge on any atom is 0.282 e. The minimum absolute atomic E-state index is 0.00487. The monoisotopic (exact) mass is 365 g/mol. The predicted molar refractivity (Wildman–Crippen MR) is 108 cm³/mol. The summed E-state index contributed by atoms with van der Waals surface area (Å²) in [5.74, 6) is 0.733. The van der Waals surface area contributed by atoms with Crippen molar-refractivity contribution in [2.45, 2.75) is 39.2 Å². The molecule has 1 saturated heterocycles. The lowest BCUT2D eigenvalue weighted by Crippen LogP contribution is -3.17. The summed E-state index contributed by atoms with van der Waals surface area (Å²) in [5, 5.41) is 2.97. The largest absolute Gasteiger partial charge is 0.325 e. The molecule has 2 aromatic carbocycles. The summed E-state index contributed by atoms with van der Waals surface area (Å²) in [6, 6.07) is 17.7. The topological polar surface area (TPSA) is 50.6 Å². The van der Waals surface area contributed by atoms with Crippen molar-refractivity contribution in [3.8, 4) is 0 Å². The zero-order chi connectivity index (χ0) is 19.2. The van der Waals surface area contributed by atoms with Crippen LogP contribution in [-0.2, 0) is 11.2 Å². The number of likely N-dealkylation sites (tertiary alicyclic amines) is 1. The Hall–Kier alpha value is -2.46. The minimum Gasteiger partial charge on any atom is -0.325 e. The van der Waals surface area contributed by atoms with Crippen LogP contribution >= 0.6 is 0 Å². The molecule has 4 nitrogen and oxygen atoms in total. The summed E-state index contributed by atoms with van der Waals surface area (Å²) in [4.78, 5) is 25.5. The van der Waals surface area contributed by atoms with Crippen LogP contribution in [-0.4, -0.2) is 30.8 Å². The zero-order valence-electron chi connectivity index (χ0n) is 16.2. The van der Waals surface area contributed by atoms with Gasteiger partial charge in [-0.15, -0.1) is 0 Å². The third-order valence-electron chi connectivity index (χ3n) is 5.66. The number of hydrogen-bond donors (Lipinski definition) is 2. The Bertz CT molecular complexity index is 780. The molecule has 1 fully saturated rings. The van der Waals surface area contributed by atoms with Gasteiger partial charge in [0.05, 0.1) is 13.1 Å². The van der Waals surface area contributed by atoms with E-state index in [0.29, 0.717) is 17.2 Å². The van der Waals surface area contributed by atoms with E-state index in [1.54, 1.807) is 18.2 Å².